The van der Waals surface area contributed by atoms with Gasteiger partial charge >= 0.3 is 12.4 Å². The number of hydrogen-bond acceptors (Lipinski definition) is 3. The van der Waals surface area contributed by atoms with Crippen LogP contribution in [0.1, 0.15) is 29.5 Å². The standard InChI is InChI=1S/C17H15F6N3O/c18-16(19,20)12-6-11(7-13(8-12)17(21,22)23)15-25-5-4-10(9-26-15)2-1-3-14(24)27/h1,3,6-10H,2,4-5H2,(H2,24,27)/b3-1-. The Labute approximate surface area is 150 Å². The number of allylic oxidation sites excluding steroid dienone is 1. The Balaban J connectivity index is 2.33. The van der Waals surface area contributed by atoms with E-state index in [-0.39, 0.29) is 29.9 Å². The molecule has 0 aliphatic carbocycles. The molecule has 1 aromatic carbocycles. The van der Waals surface area contributed by atoms with Gasteiger partial charge in [0, 0.05) is 18.3 Å². The van der Waals surface area contributed by atoms with Gasteiger partial charge in [0.1, 0.15) is 0 Å². The molecule has 1 aliphatic rings. The Bertz CT molecular complexity index is 761. The minimum Gasteiger partial charge on any atom is -0.366 e. The molecule has 0 radical (unpaired) electrons. The number of benzene rings is 1. The van der Waals surface area contributed by atoms with Crippen molar-refractivity contribution in [3.63, 3.8) is 0 Å². The summed E-state index contributed by atoms with van der Waals surface area (Å²) in [7, 11) is 0. The Morgan fingerprint density at radius 1 is 1.11 bits per heavy atom. The summed E-state index contributed by atoms with van der Waals surface area (Å²) in [4.78, 5) is 18.6. The van der Waals surface area contributed by atoms with Gasteiger partial charge in [-0.3, -0.25) is 9.79 Å². The molecule has 1 aliphatic heterocycles. The molecule has 1 atom stereocenters. The van der Waals surface area contributed by atoms with Crippen LogP contribution in [-0.4, -0.2) is 24.5 Å². The van der Waals surface area contributed by atoms with E-state index in [0.717, 1.165) is 0 Å². The summed E-state index contributed by atoms with van der Waals surface area (Å²) in [5, 5.41) is 0. The molecule has 1 heterocycles. The van der Waals surface area contributed by atoms with Crippen LogP contribution in [0.5, 0.6) is 0 Å². The van der Waals surface area contributed by atoms with Gasteiger partial charge in [0.2, 0.25) is 5.91 Å². The quantitative estimate of drug-likeness (QED) is 0.612. The molecule has 146 valence electrons. The van der Waals surface area contributed by atoms with Crippen LogP contribution in [-0.2, 0) is 17.1 Å². The first kappa shape index (κ1) is 20.7. The molecule has 0 saturated heterocycles. The SMILES string of the molecule is NC(=O)/C=C\CC1C=NC(c2cc(C(F)(F)F)cc(C(F)(F)F)c2)=NCC1. The molecule has 1 aromatic rings. The van der Waals surface area contributed by atoms with Crippen molar-refractivity contribution in [3.05, 3.63) is 47.0 Å². The highest BCUT2D eigenvalue weighted by Gasteiger charge is 2.37. The third-order valence-electron chi connectivity index (χ3n) is 3.74. The van der Waals surface area contributed by atoms with Gasteiger partial charge in [-0.15, -0.1) is 0 Å². The Hall–Kier alpha value is -2.65. The number of rotatable bonds is 4. The van der Waals surface area contributed by atoms with E-state index in [9.17, 15) is 31.1 Å². The second-order valence-corrected chi connectivity index (χ2v) is 5.87. The van der Waals surface area contributed by atoms with Gasteiger partial charge in [-0.25, -0.2) is 4.99 Å². The van der Waals surface area contributed by atoms with Crippen LogP contribution in [0.3, 0.4) is 0 Å². The van der Waals surface area contributed by atoms with E-state index < -0.39 is 29.4 Å². The highest BCUT2D eigenvalue weighted by molar-refractivity contribution is 6.03. The van der Waals surface area contributed by atoms with E-state index in [1.807, 2.05) is 0 Å². The number of nitrogens with zero attached hydrogens (tertiary/aromatic N) is 2. The number of primary amides is 1. The third kappa shape index (κ3) is 5.93. The number of halogens is 6. The topological polar surface area (TPSA) is 67.8 Å². The van der Waals surface area contributed by atoms with Gasteiger partial charge in [-0.1, -0.05) is 6.08 Å². The maximum absolute atomic E-state index is 13.0. The lowest BCUT2D eigenvalue weighted by Gasteiger charge is -2.14. The monoisotopic (exact) mass is 391 g/mol. The Morgan fingerprint density at radius 3 is 2.22 bits per heavy atom. The number of carbonyl (C=O) groups excluding carboxylic acids is 1. The van der Waals surface area contributed by atoms with Gasteiger partial charge in [-0.05, 0) is 43.0 Å². The first-order valence-corrected chi connectivity index (χ1v) is 7.81. The van der Waals surface area contributed by atoms with E-state index in [1.165, 1.54) is 18.4 Å². The van der Waals surface area contributed by atoms with Crippen LogP contribution < -0.4 is 5.73 Å². The van der Waals surface area contributed by atoms with Gasteiger partial charge in [0.25, 0.3) is 0 Å². The molecule has 2 rings (SSSR count). The highest BCUT2D eigenvalue weighted by atomic mass is 19.4. The van der Waals surface area contributed by atoms with Crippen LogP contribution >= 0.6 is 0 Å². The Kier molecular flexibility index (Phi) is 6.07. The molecule has 10 heteroatoms. The predicted molar refractivity (Wildman–Crippen MR) is 87.4 cm³/mol. The van der Waals surface area contributed by atoms with Crippen LogP contribution in [0.25, 0.3) is 0 Å². The van der Waals surface area contributed by atoms with Crippen molar-refractivity contribution in [1.82, 2.24) is 0 Å². The molecule has 4 nitrogen and oxygen atoms in total. The second-order valence-electron chi connectivity index (χ2n) is 5.87. The van der Waals surface area contributed by atoms with E-state index >= 15 is 0 Å². The average molecular weight is 391 g/mol. The largest absolute Gasteiger partial charge is 0.416 e. The summed E-state index contributed by atoms with van der Waals surface area (Å²) in [6.07, 6.45) is -4.91. The lowest BCUT2D eigenvalue weighted by molar-refractivity contribution is -0.143. The number of amidine groups is 1. The lowest BCUT2D eigenvalue weighted by Crippen LogP contribution is -2.13. The summed E-state index contributed by atoms with van der Waals surface area (Å²) in [6, 6.07) is 1.25. The van der Waals surface area contributed by atoms with Crippen LogP contribution in [0.2, 0.25) is 0 Å². The van der Waals surface area contributed by atoms with Crippen molar-refractivity contribution < 1.29 is 31.1 Å². The Morgan fingerprint density at radius 2 is 1.70 bits per heavy atom. The molecule has 2 N–H and O–H groups in total. The predicted octanol–water partition coefficient (Wildman–Crippen LogP) is 3.99. The zero-order valence-corrected chi connectivity index (χ0v) is 13.8. The minimum absolute atomic E-state index is 0.0574. The zero-order valence-electron chi connectivity index (χ0n) is 13.8. The number of alkyl halides is 6. The third-order valence-corrected chi connectivity index (χ3v) is 3.74. The van der Waals surface area contributed by atoms with Crippen molar-refractivity contribution >= 4 is 18.0 Å². The van der Waals surface area contributed by atoms with Gasteiger partial charge < -0.3 is 5.73 Å². The van der Waals surface area contributed by atoms with E-state index in [1.54, 1.807) is 0 Å². The number of carbonyl (C=O) groups is 1. The van der Waals surface area contributed by atoms with Crippen molar-refractivity contribution in [1.29, 1.82) is 0 Å². The molecular formula is C17H15F6N3O. The molecule has 1 unspecified atom stereocenters. The van der Waals surface area contributed by atoms with Gasteiger partial charge in [-0.2, -0.15) is 26.3 Å². The van der Waals surface area contributed by atoms with E-state index in [2.05, 4.69) is 9.98 Å². The fourth-order valence-electron chi connectivity index (χ4n) is 2.42. The van der Waals surface area contributed by atoms with Crippen LogP contribution in [0.4, 0.5) is 26.3 Å². The summed E-state index contributed by atoms with van der Waals surface area (Å²) in [5.41, 5.74) is 1.77. The van der Waals surface area contributed by atoms with Gasteiger partial charge in [0.05, 0.1) is 11.1 Å². The van der Waals surface area contributed by atoms with E-state index in [4.69, 9.17) is 5.73 Å². The fraction of sp³-hybridized carbons (Fsp3) is 0.353. The van der Waals surface area contributed by atoms with E-state index in [0.29, 0.717) is 25.0 Å². The maximum Gasteiger partial charge on any atom is 0.416 e. The highest BCUT2D eigenvalue weighted by Crippen LogP contribution is 2.36. The summed E-state index contributed by atoms with van der Waals surface area (Å²) in [6.45, 7) is 0.169. The van der Waals surface area contributed by atoms with Crippen molar-refractivity contribution in [2.45, 2.75) is 25.2 Å². The van der Waals surface area contributed by atoms with Crippen LogP contribution in [0, 0.1) is 5.92 Å². The van der Waals surface area contributed by atoms with Crippen molar-refractivity contribution in [3.8, 4) is 0 Å². The molecule has 0 spiro atoms. The molecular weight excluding hydrogens is 376 g/mol. The molecule has 0 bridgehead atoms. The summed E-state index contributed by atoms with van der Waals surface area (Å²) in [5.74, 6) is -0.996. The smallest absolute Gasteiger partial charge is 0.366 e. The number of amides is 1. The first-order chi connectivity index (χ1) is 12.5. The van der Waals surface area contributed by atoms with Crippen molar-refractivity contribution in [2.24, 2.45) is 21.6 Å². The first-order valence-electron chi connectivity index (χ1n) is 7.81. The molecule has 27 heavy (non-hydrogen) atoms. The maximum atomic E-state index is 13.0. The molecule has 0 fully saturated rings. The second kappa shape index (κ2) is 7.93. The number of aliphatic imine (C=N–C) groups is 2. The summed E-state index contributed by atoms with van der Waals surface area (Å²) < 4.78 is 77.8. The average Bonchev–Trinajstić information content (AvgIpc) is 2.78. The zero-order chi connectivity index (χ0) is 20.2. The number of hydrogen-bond donors (Lipinski definition) is 1. The summed E-state index contributed by atoms with van der Waals surface area (Å²) >= 11 is 0. The van der Waals surface area contributed by atoms with Crippen molar-refractivity contribution in [2.75, 3.05) is 6.54 Å². The lowest BCUT2D eigenvalue weighted by atomic mass is 10.0. The molecule has 0 saturated carbocycles. The van der Waals surface area contributed by atoms with Crippen LogP contribution in [0.15, 0.2) is 40.3 Å². The number of nitrogens with two attached hydrogens (primary N) is 1. The molecule has 1 amide bonds. The van der Waals surface area contributed by atoms with Gasteiger partial charge in [0.15, 0.2) is 5.84 Å². The minimum atomic E-state index is -4.94. The fourth-order valence-corrected chi connectivity index (χ4v) is 2.42. The molecule has 0 aromatic heterocycles. The normalized spacial score (nSPS) is 18.4.